The van der Waals surface area contributed by atoms with Gasteiger partial charge in [-0.25, -0.2) is 4.79 Å². The molecule has 1 unspecified atom stereocenters. The van der Waals surface area contributed by atoms with Gasteiger partial charge in [0.2, 0.25) is 5.91 Å². The van der Waals surface area contributed by atoms with E-state index in [1.54, 1.807) is 13.0 Å². The van der Waals surface area contributed by atoms with Gasteiger partial charge < -0.3 is 10.4 Å². The molecule has 0 radical (unpaired) electrons. The van der Waals surface area contributed by atoms with Gasteiger partial charge in [0.15, 0.2) is 0 Å². The molecule has 0 aliphatic heterocycles. The van der Waals surface area contributed by atoms with E-state index in [-0.39, 0.29) is 17.5 Å². The van der Waals surface area contributed by atoms with Gasteiger partial charge >= 0.3 is 5.97 Å². The number of amides is 1. The molecule has 0 aliphatic rings. The second-order valence-electron chi connectivity index (χ2n) is 3.20. The summed E-state index contributed by atoms with van der Waals surface area (Å²) in [6.07, 6.45) is 1.27. The van der Waals surface area contributed by atoms with Crippen LogP contribution in [0.1, 0.15) is 35.9 Å². The summed E-state index contributed by atoms with van der Waals surface area (Å²) in [5.41, 5.74) is 0.768. The Morgan fingerprint density at radius 1 is 1.47 bits per heavy atom. The molecule has 1 heterocycles. The first kappa shape index (κ1) is 11.2. The van der Waals surface area contributed by atoms with Crippen LogP contribution in [0.2, 0.25) is 0 Å². The Morgan fingerprint density at radius 2 is 2.13 bits per heavy atom. The molecular weight excluding hydrogens is 196 g/mol. The molecule has 0 spiro atoms. The number of aromatic carboxylic acids is 1. The fraction of sp³-hybridized carbons (Fsp3) is 0.300. The molecule has 0 aliphatic carbocycles. The van der Waals surface area contributed by atoms with Crippen molar-refractivity contribution in [1.29, 1.82) is 0 Å². The van der Waals surface area contributed by atoms with Gasteiger partial charge in [-0.15, -0.1) is 0 Å². The molecule has 1 rings (SSSR count). The molecule has 1 atom stereocenters. The van der Waals surface area contributed by atoms with Crippen molar-refractivity contribution in [3.63, 3.8) is 0 Å². The third-order valence-electron chi connectivity index (χ3n) is 1.90. The zero-order valence-electron chi connectivity index (χ0n) is 8.52. The van der Waals surface area contributed by atoms with Crippen LogP contribution in [0.3, 0.4) is 0 Å². The van der Waals surface area contributed by atoms with Crippen LogP contribution in [0.25, 0.3) is 0 Å². The normalized spacial score (nSPS) is 11.9. The van der Waals surface area contributed by atoms with Crippen LogP contribution >= 0.6 is 0 Å². The van der Waals surface area contributed by atoms with Crippen LogP contribution in [-0.4, -0.2) is 22.0 Å². The number of carbonyl (C=O) groups is 2. The highest BCUT2D eigenvalue weighted by Crippen LogP contribution is 2.09. The smallest absolute Gasteiger partial charge is 0.337 e. The van der Waals surface area contributed by atoms with Gasteiger partial charge in [0, 0.05) is 13.1 Å². The first-order chi connectivity index (χ1) is 7.00. The minimum atomic E-state index is -1.01. The standard InChI is InChI=1S/C10H12N2O3/c1-6(12-7(2)13)9-4-3-8(5-11-9)10(14)15/h3-6H,1-2H3,(H,12,13)(H,14,15). The molecule has 0 bridgehead atoms. The third-order valence-corrected chi connectivity index (χ3v) is 1.90. The number of carboxylic acid groups (broad SMARTS) is 1. The van der Waals surface area contributed by atoms with Crippen molar-refractivity contribution in [1.82, 2.24) is 10.3 Å². The summed E-state index contributed by atoms with van der Waals surface area (Å²) >= 11 is 0. The van der Waals surface area contributed by atoms with E-state index >= 15 is 0 Å². The average Bonchev–Trinajstić information content (AvgIpc) is 2.17. The number of pyridine rings is 1. The third kappa shape index (κ3) is 3.05. The number of carbonyl (C=O) groups excluding carboxylic acids is 1. The molecular formula is C10H12N2O3. The van der Waals surface area contributed by atoms with Gasteiger partial charge in [-0.1, -0.05) is 0 Å². The molecule has 1 aromatic rings. The van der Waals surface area contributed by atoms with Crippen LogP contribution in [0.15, 0.2) is 18.3 Å². The SMILES string of the molecule is CC(=O)NC(C)c1ccc(C(=O)O)cn1. The Morgan fingerprint density at radius 3 is 2.53 bits per heavy atom. The summed E-state index contributed by atoms with van der Waals surface area (Å²) in [5.74, 6) is -1.16. The van der Waals surface area contributed by atoms with Crippen molar-refractivity contribution in [3.05, 3.63) is 29.6 Å². The highest BCUT2D eigenvalue weighted by atomic mass is 16.4. The lowest BCUT2D eigenvalue weighted by molar-refractivity contribution is -0.119. The van der Waals surface area contributed by atoms with Gasteiger partial charge in [0.25, 0.3) is 0 Å². The maximum Gasteiger partial charge on any atom is 0.337 e. The monoisotopic (exact) mass is 208 g/mol. The largest absolute Gasteiger partial charge is 0.478 e. The van der Waals surface area contributed by atoms with Crippen LogP contribution < -0.4 is 5.32 Å². The summed E-state index contributed by atoms with van der Waals surface area (Å²) in [6, 6.07) is 2.83. The summed E-state index contributed by atoms with van der Waals surface area (Å²) in [6.45, 7) is 3.20. The highest BCUT2D eigenvalue weighted by molar-refractivity contribution is 5.87. The van der Waals surface area contributed by atoms with E-state index in [1.807, 2.05) is 0 Å². The molecule has 2 N–H and O–H groups in total. The number of carboxylic acids is 1. The zero-order chi connectivity index (χ0) is 11.4. The van der Waals surface area contributed by atoms with Gasteiger partial charge in [0.1, 0.15) is 0 Å². The van der Waals surface area contributed by atoms with Gasteiger partial charge in [0.05, 0.1) is 17.3 Å². The maximum absolute atomic E-state index is 10.8. The van der Waals surface area contributed by atoms with E-state index < -0.39 is 5.97 Å². The van der Waals surface area contributed by atoms with Crippen LogP contribution in [0.5, 0.6) is 0 Å². The van der Waals surface area contributed by atoms with Crippen molar-refractivity contribution in [2.75, 3.05) is 0 Å². The lowest BCUT2D eigenvalue weighted by atomic mass is 10.2. The lowest BCUT2D eigenvalue weighted by Crippen LogP contribution is -2.24. The fourth-order valence-corrected chi connectivity index (χ4v) is 1.17. The summed E-state index contributed by atoms with van der Waals surface area (Å²) in [5, 5.41) is 11.3. The molecule has 1 aromatic heterocycles. The molecule has 80 valence electrons. The molecule has 5 heteroatoms. The van der Waals surface area contributed by atoms with E-state index in [4.69, 9.17) is 5.11 Å². The number of aromatic nitrogens is 1. The highest BCUT2D eigenvalue weighted by Gasteiger charge is 2.09. The first-order valence-corrected chi connectivity index (χ1v) is 4.47. The number of rotatable bonds is 3. The predicted octanol–water partition coefficient (Wildman–Crippen LogP) is 0.977. The second kappa shape index (κ2) is 4.54. The Hall–Kier alpha value is -1.91. The molecule has 5 nitrogen and oxygen atoms in total. The number of hydrogen-bond donors (Lipinski definition) is 2. The van der Waals surface area contributed by atoms with Crippen molar-refractivity contribution < 1.29 is 14.7 Å². The maximum atomic E-state index is 10.8. The van der Waals surface area contributed by atoms with Crippen molar-refractivity contribution in [2.24, 2.45) is 0 Å². The molecule has 0 saturated heterocycles. The van der Waals surface area contributed by atoms with E-state index in [2.05, 4.69) is 10.3 Å². The molecule has 15 heavy (non-hydrogen) atoms. The summed E-state index contributed by atoms with van der Waals surface area (Å²) < 4.78 is 0. The Balaban J connectivity index is 2.79. The Labute approximate surface area is 87.1 Å². The van der Waals surface area contributed by atoms with Gasteiger partial charge in [-0.05, 0) is 19.1 Å². The lowest BCUT2D eigenvalue weighted by Gasteiger charge is -2.11. The molecule has 0 fully saturated rings. The minimum Gasteiger partial charge on any atom is -0.478 e. The number of nitrogens with zero attached hydrogens (tertiary/aromatic N) is 1. The topological polar surface area (TPSA) is 79.3 Å². The van der Waals surface area contributed by atoms with Crippen LogP contribution in [0, 0.1) is 0 Å². The van der Waals surface area contributed by atoms with Crippen LogP contribution in [0.4, 0.5) is 0 Å². The molecule has 1 amide bonds. The van der Waals surface area contributed by atoms with E-state index in [0.29, 0.717) is 5.69 Å². The summed E-state index contributed by atoms with van der Waals surface area (Å²) in [4.78, 5) is 25.3. The van der Waals surface area contributed by atoms with E-state index in [9.17, 15) is 9.59 Å². The minimum absolute atomic E-state index is 0.133. The number of nitrogens with one attached hydrogen (secondary N) is 1. The molecule has 0 saturated carbocycles. The predicted molar refractivity (Wildman–Crippen MR) is 53.4 cm³/mol. The second-order valence-corrected chi connectivity index (χ2v) is 3.20. The van der Waals surface area contributed by atoms with Crippen molar-refractivity contribution in [2.45, 2.75) is 19.9 Å². The zero-order valence-corrected chi connectivity index (χ0v) is 8.52. The van der Waals surface area contributed by atoms with E-state index in [0.717, 1.165) is 0 Å². The molecule has 0 aromatic carbocycles. The van der Waals surface area contributed by atoms with Crippen LogP contribution in [-0.2, 0) is 4.79 Å². The van der Waals surface area contributed by atoms with Gasteiger partial charge in [-0.3, -0.25) is 9.78 Å². The Kier molecular flexibility index (Phi) is 3.38. The van der Waals surface area contributed by atoms with Crippen molar-refractivity contribution in [3.8, 4) is 0 Å². The number of hydrogen-bond acceptors (Lipinski definition) is 3. The van der Waals surface area contributed by atoms with E-state index in [1.165, 1.54) is 19.2 Å². The Bertz CT molecular complexity index is 373. The average molecular weight is 208 g/mol. The first-order valence-electron chi connectivity index (χ1n) is 4.47. The van der Waals surface area contributed by atoms with Crippen molar-refractivity contribution >= 4 is 11.9 Å². The summed E-state index contributed by atoms with van der Waals surface area (Å²) in [7, 11) is 0. The van der Waals surface area contributed by atoms with Gasteiger partial charge in [-0.2, -0.15) is 0 Å². The quantitative estimate of drug-likeness (QED) is 0.775. The fourth-order valence-electron chi connectivity index (χ4n) is 1.17.